The van der Waals surface area contributed by atoms with Gasteiger partial charge in [0.2, 0.25) is 0 Å². The molecule has 9 nitrogen and oxygen atoms in total. The van der Waals surface area contributed by atoms with Gasteiger partial charge in [0.25, 0.3) is 0 Å². The molecule has 2 amide bonds. The van der Waals surface area contributed by atoms with Crippen LogP contribution in [0.3, 0.4) is 0 Å². The second kappa shape index (κ2) is 8.99. The summed E-state index contributed by atoms with van der Waals surface area (Å²) in [6.07, 6.45) is 1.55. The van der Waals surface area contributed by atoms with Gasteiger partial charge in [0.15, 0.2) is 5.82 Å². The van der Waals surface area contributed by atoms with Crippen molar-refractivity contribution in [3.63, 3.8) is 0 Å². The second-order valence-electron chi connectivity index (χ2n) is 7.57. The lowest BCUT2D eigenvalue weighted by atomic mass is 10.2. The van der Waals surface area contributed by atoms with Crippen molar-refractivity contribution < 1.29 is 9.53 Å². The molecular weight excluding hydrogens is 430 g/mol. The number of imidazole rings is 1. The molecular formula is C22H22ClN7O2. The molecule has 1 aliphatic heterocycles. The molecule has 4 aromatic rings. The minimum atomic E-state index is -0.390. The molecule has 164 valence electrons. The van der Waals surface area contributed by atoms with Gasteiger partial charge < -0.3 is 20.4 Å². The molecule has 4 N–H and O–H groups in total. The van der Waals surface area contributed by atoms with Crippen molar-refractivity contribution in [3.05, 3.63) is 59.2 Å². The standard InChI is InChI=1S/C22H22ClN7O2/c23-15-2-4-16(5-3-15)25-22(31)28-19-12-24-29-20(19)21-26-17-6-1-14(11-18(17)27-21)13-30-7-9-32-10-8-30/h1-6,11-12H,7-10,13H2,(H,24,29)(H,26,27)(H2,25,28,31). The van der Waals surface area contributed by atoms with Crippen LogP contribution < -0.4 is 10.6 Å². The molecule has 5 rings (SSSR count). The second-order valence-corrected chi connectivity index (χ2v) is 8.01. The number of anilines is 2. The summed E-state index contributed by atoms with van der Waals surface area (Å²) in [4.78, 5) is 22.8. The van der Waals surface area contributed by atoms with E-state index in [0.717, 1.165) is 43.9 Å². The zero-order valence-electron chi connectivity index (χ0n) is 17.2. The van der Waals surface area contributed by atoms with Crippen LogP contribution in [0.15, 0.2) is 48.7 Å². The number of urea groups is 1. The van der Waals surface area contributed by atoms with Crippen LogP contribution in [0.2, 0.25) is 5.02 Å². The van der Waals surface area contributed by atoms with Crippen LogP contribution in [0.4, 0.5) is 16.2 Å². The molecule has 0 radical (unpaired) electrons. The Bertz CT molecular complexity index is 1230. The van der Waals surface area contributed by atoms with Gasteiger partial charge in [-0.2, -0.15) is 5.10 Å². The minimum absolute atomic E-state index is 0.390. The average Bonchev–Trinajstić information content (AvgIpc) is 3.42. The number of amides is 2. The number of carbonyl (C=O) groups is 1. The number of H-pyrrole nitrogens is 2. The number of halogens is 1. The van der Waals surface area contributed by atoms with Crippen LogP contribution in [0.1, 0.15) is 5.56 Å². The van der Waals surface area contributed by atoms with Crippen LogP contribution >= 0.6 is 11.6 Å². The summed E-state index contributed by atoms with van der Waals surface area (Å²) in [6.45, 7) is 4.30. The first-order chi connectivity index (χ1) is 15.6. The van der Waals surface area contributed by atoms with E-state index in [4.69, 9.17) is 16.3 Å². The Morgan fingerprint density at radius 1 is 1.12 bits per heavy atom. The van der Waals surface area contributed by atoms with Crippen LogP contribution in [0, 0.1) is 0 Å². The highest BCUT2D eigenvalue weighted by atomic mass is 35.5. The maximum absolute atomic E-state index is 12.4. The van der Waals surface area contributed by atoms with E-state index in [0.29, 0.717) is 27.9 Å². The predicted molar refractivity (Wildman–Crippen MR) is 124 cm³/mol. The predicted octanol–water partition coefficient (Wildman–Crippen LogP) is 4.08. The molecule has 2 aromatic heterocycles. The highest BCUT2D eigenvalue weighted by Crippen LogP contribution is 2.26. The Morgan fingerprint density at radius 2 is 1.94 bits per heavy atom. The van der Waals surface area contributed by atoms with Crippen LogP contribution in [-0.4, -0.2) is 57.4 Å². The van der Waals surface area contributed by atoms with E-state index in [-0.39, 0.29) is 6.03 Å². The lowest BCUT2D eigenvalue weighted by Gasteiger charge is -2.26. The fourth-order valence-corrected chi connectivity index (χ4v) is 3.80. The van der Waals surface area contributed by atoms with E-state index in [1.807, 2.05) is 6.07 Å². The zero-order chi connectivity index (χ0) is 21.9. The summed E-state index contributed by atoms with van der Waals surface area (Å²) in [5, 5.41) is 13.2. The number of fused-ring (bicyclic) bond motifs is 1. The molecule has 0 spiro atoms. The van der Waals surface area contributed by atoms with Crippen molar-refractivity contribution in [2.45, 2.75) is 6.54 Å². The summed E-state index contributed by atoms with van der Waals surface area (Å²) in [6, 6.07) is 12.7. The fraction of sp³-hybridized carbons (Fsp3) is 0.227. The Hall–Kier alpha value is -3.40. The van der Waals surface area contributed by atoms with Gasteiger partial charge in [0.1, 0.15) is 5.69 Å². The van der Waals surface area contributed by atoms with E-state index in [1.54, 1.807) is 30.5 Å². The van der Waals surface area contributed by atoms with E-state index in [1.165, 1.54) is 5.56 Å². The van der Waals surface area contributed by atoms with Gasteiger partial charge in [-0.05, 0) is 42.0 Å². The number of benzene rings is 2. The largest absolute Gasteiger partial charge is 0.379 e. The summed E-state index contributed by atoms with van der Waals surface area (Å²) < 4.78 is 5.42. The maximum Gasteiger partial charge on any atom is 0.323 e. The number of aromatic amines is 2. The minimum Gasteiger partial charge on any atom is -0.379 e. The van der Waals surface area contributed by atoms with Gasteiger partial charge >= 0.3 is 6.03 Å². The van der Waals surface area contributed by atoms with Crippen molar-refractivity contribution in [2.75, 3.05) is 36.9 Å². The molecule has 2 aromatic carbocycles. The van der Waals surface area contributed by atoms with E-state index in [9.17, 15) is 4.79 Å². The van der Waals surface area contributed by atoms with Gasteiger partial charge in [-0.3, -0.25) is 10.00 Å². The fourth-order valence-electron chi connectivity index (χ4n) is 3.67. The van der Waals surface area contributed by atoms with Gasteiger partial charge in [0, 0.05) is 30.3 Å². The summed E-state index contributed by atoms with van der Waals surface area (Å²) in [7, 11) is 0. The molecule has 0 saturated carbocycles. The average molecular weight is 452 g/mol. The van der Waals surface area contributed by atoms with Crippen molar-refractivity contribution in [1.82, 2.24) is 25.1 Å². The van der Waals surface area contributed by atoms with Crippen LogP contribution in [-0.2, 0) is 11.3 Å². The number of hydrogen-bond acceptors (Lipinski definition) is 5. The first-order valence-corrected chi connectivity index (χ1v) is 10.7. The van der Waals surface area contributed by atoms with Gasteiger partial charge in [-0.25, -0.2) is 9.78 Å². The number of nitrogens with zero attached hydrogens (tertiary/aromatic N) is 3. The van der Waals surface area contributed by atoms with Crippen molar-refractivity contribution in [2.24, 2.45) is 0 Å². The summed E-state index contributed by atoms with van der Waals surface area (Å²) >= 11 is 5.89. The number of ether oxygens (including phenoxy) is 1. The highest BCUT2D eigenvalue weighted by molar-refractivity contribution is 6.30. The Kier molecular flexibility index (Phi) is 5.76. The number of aromatic nitrogens is 4. The number of rotatable bonds is 5. The number of carbonyl (C=O) groups excluding carboxylic acids is 1. The van der Waals surface area contributed by atoms with Gasteiger partial charge in [-0.15, -0.1) is 0 Å². The van der Waals surface area contributed by atoms with Crippen LogP contribution in [0.5, 0.6) is 0 Å². The SMILES string of the molecule is O=C(Nc1ccc(Cl)cc1)Nc1cn[nH]c1-c1nc2ccc(CN3CCOCC3)cc2[nH]1. The third-order valence-corrected chi connectivity index (χ3v) is 5.53. The normalized spacial score (nSPS) is 14.5. The van der Waals surface area contributed by atoms with Crippen molar-refractivity contribution in [1.29, 1.82) is 0 Å². The van der Waals surface area contributed by atoms with E-state index < -0.39 is 0 Å². The molecule has 1 aliphatic rings. The molecule has 0 bridgehead atoms. The topological polar surface area (TPSA) is 111 Å². The number of nitrogens with one attached hydrogen (secondary N) is 4. The Labute approximate surface area is 189 Å². The molecule has 0 unspecified atom stereocenters. The maximum atomic E-state index is 12.4. The first kappa shape index (κ1) is 20.5. The third kappa shape index (κ3) is 4.59. The highest BCUT2D eigenvalue weighted by Gasteiger charge is 2.16. The van der Waals surface area contributed by atoms with E-state index >= 15 is 0 Å². The molecule has 10 heteroatoms. The molecule has 1 fully saturated rings. The lowest BCUT2D eigenvalue weighted by Crippen LogP contribution is -2.35. The number of hydrogen-bond donors (Lipinski definition) is 4. The smallest absolute Gasteiger partial charge is 0.323 e. The summed E-state index contributed by atoms with van der Waals surface area (Å²) in [5.74, 6) is 0.600. The quantitative estimate of drug-likeness (QED) is 0.365. The molecule has 32 heavy (non-hydrogen) atoms. The lowest BCUT2D eigenvalue weighted by molar-refractivity contribution is 0.0342. The molecule has 3 heterocycles. The van der Waals surface area contributed by atoms with Crippen molar-refractivity contribution in [3.8, 4) is 11.5 Å². The molecule has 0 aliphatic carbocycles. The Balaban J connectivity index is 1.31. The zero-order valence-corrected chi connectivity index (χ0v) is 17.9. The third-order valence-electron chi connectivity index (χ3n) is 5.28. The van der Waals surface area contributed by atoms with Gasteiger partial charge in [-0.1, -0.05) is 17.7 Å². The first-order valence-electron chi connectivity index (χ1n) is 10.3. The van der Waals surface area contributed by atoms with Crippen molar-refractivity contribution >= 4 is 40.0 Å². The monoisotopic (exact) mass is 451 g/mol. The van der Waals surface area contributed by atoms with Crippen LogP contribution in [0.25, 0.3) is 22.6 Å². The van der Waals surface area contributed by atoms with Gasteiger partial charge in [0.05, 0.1) is 36.1 Å². The number of morpholine rings is 1. The summed E-state index contributed by atoms with van der Waals surface area (Å²) in [5.41, 5.74) is 4.73. The molecule has 0 atom stereocenters. The Morgan fingerprint density at radius 3 is 2.75 bits per heavy atom. The molecule has 1 saturated heterocycles. The van der Waals surface area contributed by atoms with E-state index in [2.05, 4.69) is 47.8 Å².